The van der Waals surface area contributed by atoms with E-state index in [0.29, 0.717) is 12.1 Å². The zero-order valence-electron chi connectivity index (χ0n) is 8.85. The number of oxazole rings is 1. The van der Waals surface area contributed by atoms with Crippen molar-refractivity contribution in [3.8, 4) is 0 Å². The Kier molecular flexibility index (Phi) is 3.01. The van der Waals surface area contributed by atoms with E-state index in [1.807, 2.05) is 4.90 Å². The summed E-state index contributed by atoms with van der Waals surface area (Å²) in [5.41, 5.74) is 0.707. The summed E-state index contributed by atoms with van der Waals surface area (Å²) < 4.78 is 4.83. The molecule has 0 unspecified atom stereocenters. The molecule has 2 rings (SSSR count). The van der Waals surface area contributed by atoms with Gasteiger partial charge in [-0.2, -0.15) is 0 Å². The number of rotatable bonds is 2. The first kappa shape index (κ1) is 10.2. The number of amides is 1. The van der Waals surface area contributed by atoms with E-state index in [-0.39, 0.29) is 5.91 Å². The molecule has 0 spiro atoms. The number of carbonyl (C=O) groups is 1. The minimum atomic E-state index is 0.136. The first-order valence-electron chi connectivity index (χ1n) is 5.09. The van der Waals surface area contributed by atoms with Crippen molar-refractivity contribution < 1.29 is 9.21 Å². The summed E-state index contributed by atoms with van der Waals surface area (Å²) in [6, 6.07) is 0. The lowest BCUT2D eigenvalue weighted by molar-refractivity contribution is -0.132. The fourth-order valence-electron chi connectivity index (χ4n) is 1.65. The molecular weight excluding hydrogens is 194 g/mol. The Morgan fingerprint density at radius 2 is 2.20 bits per heavy atom. The molecule has 0 aliphatic carbocycles. The van der Waals surface area contributed by atoms with Crippen LogP contribution in [0.15, 0.2) is 17.1 Å². The summed E-state index contributed by atoms with van der Waals surface area (Å²) >= 11 is 0. The number of carbonyl (C=O) groups excluding carboxylic acids is 1. The minimum Gasteiger partial charge on any atom is -0.451 e. The van der Waals surface area contributed by atoms with Crippen LogP contribution in [0.5, 0.6) is 0 Å². The Bertz CT molecular complexity index is 315. The molecule has 0 bridgehead atoms. The molecule has 5 nitrogen and oxygen atoms in total. The third kappa shape index (κ3) is 2.56. The van der Waals surface area contributed by atoms with Gasteiger partial charge >= 0.3 is 0 Å². The summed E-state index contributed by atoms with van der Waals surface area (Å²) in [7, 11) is 2.07. The van der Waals surface area contributed by atoms with Gasteiger partial charge in [0.15, 0.2) is 6.39 Å². The summed E-state index contributed by atoms with van der Waals surface area (Å²) in [6.07, 6.45) is 3.22. The zero-order valence-corrected chi connectivity index (χ0v) is 8.85. The fourth-order valence-corrected chi connectivity index (χ4v) is 1.65. The first-order chi connectivity index (χ1) is 7.25. The highest BCUT2D eigenvalue weighted by atomic mass is 16.3. The standard InChI is InChI=1S/C10H15N3O2/c1-12-2-4-13(5-3-12)10(14)6-9-7-15-8-11-9/h7-8H,2-6H2,1H3. The Labute approximate surface area is 88.7 Å². The molecule has 0 saturated carbocycles. The second-order valence-electron chi connectivity index (χ2n) is 3.84. The minimum absolute atomic E-state index is 0.136. The van der Waals surface area contributed by atoms with Crippen molar-refractivity contribution in [1.29, 1.82) is 0 Å². The maximum Gasteiger partial charge on any atom is 0.228 e. The maximum atomic E-state index is 11.8. The van der Waals surface area contributed by atoms with E-state index in [1.54, 1.807) is 0 Å². The maximum absolute atomic E-state index is 11.8. The van der Waals surface area contributed by atoms with E-state index >= 15 is 0 Å². The van der Waals surface area contributed by atoms with Gasteiger partial charge in [0.25, 0.3) is 0 Å². The molecule has 1 aliphatic heterocycles. The van der Waals surface area contributed by atoms with Crippen molar-refractivity contribution in [2.24, 2.45) is 0 Å². The molecule has 0 N–H and O–H groups in total. The molecule has 1 aliphatic rings. The van der Waals surface area contributed by atoms with Crippen molar-refractivity contribution in [2.75, 3.05) is 33.2 Å². The number of aromatic nitrogens is 1. The third-order valence-corrected chi connectivity index (χ3v) is 2.67. The van der Waals surface area contributed by atoms with Crippen molar-refractivity contribution in [2.45, 2.75) is 6.42 Å². The normalized spacial score (nSPS) is 18.1. The van der Waals surface area contributed by atoms with Crippen LogP contribution in [0.25, 0.3) is 0 Å². The Morgan fingerprint density at radius 1 is 1.47 bits per heavy atom. The molecule has 82 valence electrons. The SMILES string of the molecule is CN1CCN(C(=O)Cc2cocn2)CC1. The topological polar surface area (TPSA) is 49.6 Å². The van der Waals surface area contributed by atoms with Gasteiger partial charge in [-0.3, -0.25) is 4.79 Å². The molecule has 15 heavy (non-hydrogen) atoms. The summed E-state index contributed by atoms with van der Waals surface area (Å²) in [6.45, 7) is 3.52. The average molecular weight is 209 g/mol. The molecule has 1 aromatic heterocycles. The van der Waals surface area contributed by atoms with Gasteiger partial charge in [-0.25, -0.2) is 4.98 Å². The highest BCUT2D eigenvalue weighted by molar-refractivity contribution is 5.78. The second-order valence-corrected chi connectivity index (χ2v) is 3.84. The van der Waals surface area contributed by atoms with Gasteiger partial charge in [-0.1, -0.05) is 0 Å². The highest BCUT2D eigenvalue weighted by Gasteiger charge is 2.19. The molecule has 1 saturated heterocycles. The number of likely N-dealkylation sites (N-methyl/N-ethyl adjacent to an activating group) is 1. The summed E-state index contributed by atoms with van der Waals surface area (Å²) in [4.78, 5) is 19.8. The average Bonchev–Trinajstić information content (AvgIpc) is 2.71. The van der Waals surface area contributed by atoms with E-state index in [0.717, 1.165) is 26.2 Å². The van der Waals surface area contributed by atoms with Crippen LogP contribution in [0.4, 0.5) is 0 Å². The Hall–Kier alpha value is -1.36. The van der Waals surface area contributed by atoms with E-state index in [2.05, 4.69) is 16.9 Å². The van der Waals surface area contributed by atoms with Crippen molar-refractivity contribution >= 4 is 5.91 Å². The lowest BCUT2D eigenvalue weighted by Gasteiger charge is -2.32. The van der Waals surface area contributed by atoms with E-state index in [9.17, 15) is 4.79 Å². The largest absolute Gasteiger partial charge is 0.451 e. The van der Waals surface area contributed by atoms with Crippen LogP contribution in [0.3, 0.4) is 0 Å². The van der Waals surface area contributed by atoms with Gasteiger partial charge in [-0.15, -0.1) is 0 Å². The van der Waals surface area contributed by atoms with Crippen molar-refractivity contribution in [1.82, 2.24) is 14.8 Å². The fraction of sp³-hybridized carbons (Fsp3) is 0.600. The van der Waals surface area contributed by atoms with Gasteiger partial charge < -0.3 is 14.2 Å². The van der Waals surface area contributed by atoms with Crippen LogP contribution in [-0.2, 0) is 11.2 Å². The summed E-state index contributed by atoms with van der Waals surface area (Å²) in [5, 5.41) is 0. The molecule has 5 heteroatoms. The van der Waals surface area contributed by atoms with E-state index < -0.39 is 0 Å². The predicted molar refractivity (Wildman–Crippen MR) is 54.3 cm³/mol. The Morgan fingerprint density at radius 3 is 2.80 bits per heavy atom. The molecule has 0 radical (unpaired) electrons. The molecule has 1 fully saturated rings. The zero-order chi connectivity index (χ0) is 10.7. The van der Waals surface area contributed by atoms with Gasteiger partial charge in [0.05, 0.1) is 12.1 Å². The summed E-state index contributed by atoms with van der Waals surface area (Å²) in [5.74, 6) is 0.136. The first-order valence-corrected chi connectivity index (χ1v) is 5.09. The van der Waals surface area contributed by atoms with Crippen LogP contribution in [-0.4, -0.2) is 53.9 Å². The molecular formula is C10H15N3O2. The Balaban J connectivity index is 1.86. The van der Waals surface area contributed by atoms with Crippen molar-refractivity contribution in [3.63, 3.8) is 0 Å². The van der Waals surface area contributed by atoms with Crippen LogP contribution < -0.4 is 0 Å². The predicted octanol–water partition coefficient (Wildman–Crippen LogP) is -0.00890. The lowest BCUT2D eigenvalue weighted by atomic mass is 10.2. The van der Waals surface area contributed by atoms with Crippen LogP contribution in [0.2, 0.25) is 0 Å². The molecule has 1 amide bonds. The van der Waals surface area contributed by atoms with Crippen molar-refractivity contribution in [3.05, 3.63) is 18.4 Å². The smallest absolute Gasteiger partial charge is 0.228 e. The van der Waals surface area contributed by atoms with E-state index in [4.69, 9.17) is 4.42 Å². The van der Waals surface area contributed by atoms with Crippen LogP contribution >= 0.6 is 0 Å². The number of piperazine rings is 1. The molecule has 0 aromatic carbocycles. The lowest BCUT2D eigenvalue weighted by Crippen LogP contribution is -2.47. The number of hydrogen-bond donors (Lipinski definition) is 0. The third-order valence-electron chi connectivity index (χ3n) is 2.67. The van der Waals surface area contributed by atoms with E-state index in [1.165, 1.54) is 12.7 Å². The highest BCUT2D eigenvalue weighted by Crippen LogP contribution is 2.04. The second kappa shape index (κ2) is 4.44. The van der Waals surface area contributed by atoms with Gasteiger partial charge in [0, 0.05) is 26.2 Å². The number of nitrogens with zero attached hydrogens (tertiary/aromatic N) is 3. The molecule has 2 heterocycles. The monoisotopic (exact) mass is 209 g/mol. The van der Waals surface area contributed by atoms with Gasteiger partial charge in [0.1, 0.15) is 6.26 Å². The van der Waals surface area contributed by atoms with Crippen LogP contribution in [0, 0.1) is 0 Å². The van der Waals surface area contributed by atoms with Gasteiger partial charge in [-0.05, 0) is 7.05 Å². The quantitative estimate of drug-likeness (QED) is 0.687. The van der Waals surface area contributed by atoms with Gasteiger partial charge in [0.2, 0.25) is 5.91 Å². The molecule has 1 aromatic rings. The number of hydrogen-bond acceptors (Lipinski definition) is 4. The van der Waals surface area contributed by atoms with Crippen LogP contribution in [0.1, 0.15) is 5.69 Å². The molecule has 0 atom stereocenters.